The van der Waals surface area contributed by atoms with Gasteiger partial charge in [0.15, 0.2) is 0 Å². The predicted molar refractivity (Wildman–Crippen MR) is 53.2 cm³/mol. The average molecular weight is 174 g/mol. The molecule has 1 rings (SSSR count). The van der Waals surface area contributed by atoms with Crippen LogP contribution in [-0.4, -0.2) is 19.0 Å². The van der Waals surface area contributed by atoms with E-state index in [2.05, 4.69) is 6.07 Å². The Labute approximate surface area is 79.4 Å². The zero-order chi connectivity index (χ0) is 9.84. The van der Waals surface area contributed by atoms with E-state index in [1.54, 1.807) is 0 Å². The molecule has 0 saturated carbocycles. The number of aryl methyl sites for hydroxylation is 1. The first kappa shape index (κ1) is 9.76. The Morgan fingerprint density at radius 1 is 1.38 bits per heavy atom. The smallest absolute Gasteiger partial charge is 0.123 e. The second-order valence-corrected chi connectivity index (χ2v) is 3.41. The molecule has 0 aliphatic carbocycles. The van der Waals surface area contributed by atoms with Gasteiger partial charge in [0.1, 0.15) is 6.04 Å². The Kier molecular flexibility index (Phi) is 3.05. The third kappa shape index (κ3) is 2.30. The molecule has 1 aromatic carbocycles. The van der Waals surface area contributed by atoms with Crippen molar-refractivity contribution in [2.24, 2.45) is 0 Å². The molecule has 1 unspecified atom stereocenters. The van der Waals surface area contributed by atoms with Crippen molar-refractivity contribution in [3.63, 3.8) is 0 Å². The van der Waals surface area contributed by atoms with Gasteiger partial charge in [0.05, 0.1) is 6.07 Å². The molecule has 0 spiro atoms. The Morgan fingerprint density at radius 3 is 2.54 bits per heavy atom. The van der Waals surface area contributed by atoms with E-state index in [1.165, 1.54) is 5.56 Å². The lowest BCUT2D eigenvalue weighted by molar-refractivity contribution is 0.358. The molecule has 0 N–H and O–H groups in total. The van der Waals surface area contributed by atoms with Gasteiger partial charge in [0, 0.05) is 0 Å². The normalized spacial score (nSPS) is 12.5. The van der Waals surface area contributed by atoms with Crippen molar-refractivity contribution in [3.8, 4) is 6.07 Å². The number of rotatable bonds is 2. The van der Waals surface area contributed by atoms with Crippen LogP contribution in [0.25, 0.3) is 0 Å². The molecule has 0 aliphatic heterocycles. The summed E-state index contributed by atoms with van der Waals surface area (Å²) in [6.07, 6.45) is 0. The molecule has 0 amide bonds. The Bertz CT molecular complexity index is 323. The van der Waals surface area contributed by atoms with Crippen molar-refractivity contribution in [2.75, 3.05) is 14.1 Å². The van der Waals surface area contributed by atoms with Crippen LogP contribution in [0, 0.1) is 18.3 Å². The molecule has 1 atom stereocenters. The van der Waals surface area contributed by atoms with Gasteiger partial charge in [0.2, 0.25) is 0 Å². The highest BCUT2D eigenvalue weighted by Gasteiger charge is 2.11. The number of benzene rings is 1. The van der Waals surface area contributed by atoms with Crippen molar-refractivity contribution < 1.29 is 0 Å². The van der Waals surface area contributed by atoms with Gasteiger partial charge in [-0.1, -0.05) is 29.8 Å². The number of hydrogen-bond donors (Lipinski definition) is 0. The largest absolute Gasteiger partial charge is 0.291 e. The molecule has 0 fully saturated rings. The zero-order valence-corrected chi connectivity index (χ0v) is 8.28. The van der Waals surface area contributed by atoms with Crippen LogP contribution in [0.1, 0.15) is 17.2 Å². The minimum absolute atomic E-state index is 0.139. The molecular weight excluding hydrogens is 160 g/mol. The Hall–Kier alpha value is -1.33. The summed E-state index contributed by atoms with van der Waals surface area (Å²) in [7, 11) is 3.83. The van der Waals surface area contributed by atoms with E-state index in [0.29, 0.717) is 0 Å². The minimum Gasteiger partial charge on any atom is -0.291 e. The van der Waals surface area contributed by atoms with Crippen LogP contribution in [0.3, 0.4) is 0 Å². The van der Waals surface area contributed by atoms with Gasteiger partial charge in [-0.05, 0) is 26.6 Å². The van der Waals surface area contributed by atoms with Crippen molar-refractivity contribution in [1.82, 2.24) is 4.90 Å². The molecule has 0 radical (unpaired) electrons. The van der Waals surface area contributed by atoms with Gasteiger partial charge in [-0.15, -0.1) is 0 Å². The number of nitriles is 1. The van der Waals surface area contributed by atoms with Gasteiger partial charge in [-0.3, -0.25) is 4.90 Å². The van der Waals surface area contributed by atoms with Crippen LogP contribution < -0.4 is 0 Å². The highest BCUT2D eigenvalue weighted by atomic mass is 15.1. The fourth-order valence-electron chi connectivity index (χ4n) is 1.33. The minimum atomic E-state index is -0.139. The Morgan fingerprint density at radius 2 is 2.08 bits per heavy atom. The molecule has 0 bridgehead atoms. The fourth-order valence-corrected chi connectivity index (χ4v) is 1.33. The summed E-state index contributed by atoms with van der Waals surface area (Å²) in [5, 5.41) is 8.95. The molecule has 68 valence electrons. The maximum absolute atomic E-state index is 8.95. The first-order valence-electron chi connectivity index (χ1n) is 4.27. The van der Waals surface area contributed by atoms with E-state index in [9.17, 15) is 0 Å². The van der Waals surface area contributed by atoms with Crippen LogP contribution in [0.4, 0.5) is 0 Å². The van der Waals surface area contributed by atoms with Gasteiger partial charge in [0.25, 0.3) is 0 Å². The second-order valence-electron chi connectivity index (χ2n) is 3.41. The molecular formula is C11H14N2. The average Bonchev–Trinajstić information content (AvgIpc) is 2.04. The summed E-state index contributed by atoms with van der Waals surface area (Å²) < 4.78 is 0. The SMILES string of the molecule is Cc1cccc(C(C#N)N(C)C)c1. The van der Waals surface area contributed by atoms with E-state index in [4.69, 9.17) is 5.26 Å². The van der Waals surface area contributed by atoms with Crippen LogP contribution in [0.5, 0.6) is 0 Å². The first-order valence-corrected chi connectivity index (χ1v) is 4.27. The maximum Gasteiger partial charge on any atom is 0.123 e. The summed E-state index contributed by atoms with van der Waals surface area (Å²) in [5.74, 6) is 0. The summed E-state index contributed by atoms with van der Waals surface area (Å²) in [4.78, 5) is 1.91. The summed E-state index contributed by atoms with van der Waals surface area (Å²) >= 11 is 0. The summed E-state index contributed by atoms with van der Waals surface area (Å²) in [6.45, 7) is 2.04. The molecule has 2 heteroatoms. The van der Waals surface area contributed by atoms with Gasteiger partial charge < -0.3 is 0 Å². The monoisotopic (exact) mass is 174 g/mol. The lowest BCUT2D eigenvalue weighted by Crippen LogP contribution is -2.18. The van der Waals surface area contributed by atoms with E-state index < -0.39 is 0 Å². The first-order chi connectivity index (χ1) is 6.15. The molecule has 0 saturated heterocycles. The van der Waals surface area contributed by atoms with E-state index >= 15 is 0 Å². The lowest BCUT2D eigenvalue weighted by atomic mass is 10.1. The van der Waals surface area contributed by atoms with E-state index in [1.807, 2.05) is 50.2 Å². The third-order valence-electron chi connectivity index (χ3n) is 2.00. The van der Waals surface area contributed by atoms with E-state index in [0.717, 1.165) is 5.56 Å². The molecule has 0 heterocycles. The van der Waals surface area contributed by atoms with Crippen LogP contribution >= 0.6 is 0 Å². The topological polar surface area (TPSA) is 27.0 Å². The van der Waals surface area contributed by atoms with Crippen LogP contribution in [0.2, 0.25) is 0 Å². The van der Waals surface area contributed by atoms with Crippen molar-refractivity contribution in [3.05, 3.63) is 35.4 Å². The fraction of sp³-hybridized carbons (Fsp3) is 0.364. The van der Waals surface area contributed by atoms with Crippen molar-refractivity contribution in [2.45, 2.75) is 13.0 Å². The van der Waals surface area contributed by atoms with Crippen LogP contribution in [-0.2, 0) is 0 Å². The van der Waals surface area contributed by atoms with Crippen molar-refractivity contribution in [1.29, 1.82) is 5.26 Å². The molecule has 0 aliphatic rings. The quantitative estimate of drug-likeness (QED) is 0.686. The van der Waals surface area contributed by atoms with Gasteiger partial charge >= 0.3 is 0 Å². The third-order valence-corrected chi connectivity index (χ3v) is 2.00. The number of hydrogen-bond acceptors (Lipinski definition) is 2. The summed E-state index contributed by atoms with van der Waals surface area (Å²) in [6, 6.07) is 10.2. The molecule has 0 aromatic heterocycles. The van der Waals surface area contributed by atoms with Crippen LogP contribution in [0.15, 0.2) is 24.3 Å². The standard InChI is InChI=1S/C11H14N2/c1-9-5-4-6-10(7-9)11(8-12)13(2)3/h4-7,11H,1-3H3. The summed E-state index contributed by atoms with van der Waals surface area (Å²) in [5.41, 5.74) is 2.26. The molecule has 13 heavy (non-hydrogen) atoms. The zero-order valence-electron chi connectivity index (χ0n) is 8.28. The number of nitrogens with zero attached hydrogens (tertiary/aromatic N) is 2. The highest BCUT2D eigenvalue weighted by Crippen LogP contribution is 2.17. The Balaban J connectivity index is 3.00. The predicted octanol–water partition coefficient (Wildman–Crippen LogP) is 2.12. The second kappa shape index (κ2) is 4.06. The van der Waals surface area contributed by atoms with E-state index in [-0.39, 0.29) is 6.04 Å². The maximum atomic E-state index is 8.95. The van der Waals surface area contributed by atoms with Crippen molar-refractivity contribution >= 4 is 0 Å². The molecule has 2 nitrogen and oxygen atoms in total. The van der Waals surface area contributed by atoms with Gasteiger partial charge in [-0.25, -0.2) is 0 Å². The van der Waals surface area contributed by atoms with Gasteiger partial charge in [-0.2, -0.15) is 5.26 Å². The highest BCUT2D eigenvalue weighted by molar-refractivity contribution is 5.28. The molecule has 1 aromatic rings. The lowest BCUT2D eigenvalue weighted by Gasteiger charge is -2.17.